The highest BCUT2D eigenvalue weighted by Crippen LogP contribution is 2.26. The molecule has 2 radical (unpaired) electrons. The lowest BCUT2D eigenvalue weighted by molar-refractivity contribution is -0.0112. The lowest BCUT2D eigenvalue weighted by Gasteiger charge is -2.31. The van der Waals surface area contributed by atoms with E-state index in [1.54, 1.807) is 12.1 Å². The first-order valence-electron chi connectivity index (χ1n) is 8.55. The molecular formula is C21H22BrNO2. The molecule has 3 rings (SSSR count). The molecule has 25 heavy (non-hydrogen) atoms. The number of anilines is 1. The highest BCUT2D eigenvalue weighted by molar-refractivity contribution is 9.10. The molecule has 1 aliphatic heterocycles. The van der Waals surface area contributed by atoms with Crippen molar-refractivity contribution in [3.63, 3.8) is 0 Å². The molecule has 1 saturated heterocycles. The smallest absolute Gasteiger partial charge is 0.255 e. The maximum Gasteiger partial charge on any atom is 0.255 e. The lowest BCUT2D eigenvalue weighted by Crippen LogP contribution is -2.32. The van der Waals surface area contributed by atoms with Gasteiger partial charge in [0.15, 0.2) is 0 Å². The van der Waals surface area contributed by atoms with Crippen LogP contribution in [0.25, 0.3) is 0 Å². The van der Waals surface area contributed by atoms with Crippen molar-refractivity contribution in [2.24, 2.45) is 11.8 Å². The average molecular weight is 400 g/mol. The van der Waals surface area contributed by atoms with E-state index in [0.717, 1.165) is 23.2 Å². The molecule has 0 spiro atoms. The highest BCUT2D eigenvalue weighted by Gasteiger charge is 2.25. The van der Waals surface area contributed by atoms with Gasteiger partial charge in [-0.15, -0.1) is 0 Å². The third-order valence-electron chi connectivity index (χ3n) is 4.54. The predicted octanol–water partition coefficient (Wildman–Crippen LogP) is 5.00. The number of hydrogen-bond donors (Lipinski definition) is 1. The van der Waals surface area contributed by atoms with Gasteiger partial charge in [0, 0.05) is 15.7 Å². The van der Waals surface area contributed by atoms with Crippen molar-refractivity contribution in [1.82, 2.24) is 0 Å². The van der Waals surface area contributed by atoms with Crippen molar-refractivity contribution in [3.8, 4) is 0 Å². The second-order valence-electron chi connectivity index (χ2n) is 6.56. The van der Waals surface area contributed by atoms with Crippen LogP contribution in [-0.4, -0.2) is 18.6 Å². The Balaban J connectivity index is 1.58. The zero-order chi connectivity index (χ0) is 17.8. The molecule has 1 aliphatic rings. The van der Waals surface area contributed by atoms with Crippen LogP contribution < -0.4 is 5.32 Å². The van der Waals surface area contributed by atoms with Gasteiger partial charge < -0.3 is 10.1 Å². The SMILES string of the molecule is CC1[C]C(Cc2ccc(NC(=O)c3cccc(Br)c3)cc2)COC1C. The van der Waals surface area contributed by atoms with Gasteiger partial charge in [-0.3, -0.25) is 4.79 Å². The Hall–Kier alpha value is -1.65. The number of rotatable bonds is 4. The van der Waals surface area contributed by atoms with Crippen LogP contribution in [0.2, 0.25) is 0 Å². The molecule has 4 heteroatoms. The first-order valence-corrected chi connectivity index (χ1v) is 9.34. The summed E-state index contributed by atoms with van der Waals surface area (Å²) in [5.74, 6) is 0.579. The van der Waals surface area contributed by atoms with Crippen molar-refractivity contribution in [2.45, 2.75) is 26.4 Å². The number of hydrogen-bond acceptors (Lipinski definition) is 2. The van der Waals surface area contributed by atoms with Crippen LogP contribution in [0.5, 0.6) is 0 Å². The van der Waals surface area contributed by atoms with Gasteiger partial charge in [-0.1, -0.05) is 41.1 Å². The van der Waals surface area contributed by atoms with E-state index in [4.69, 9.17) is 4.74 Å². The van der Waals surface area contributed by atoms with Gasteiger partial charge in [-0.05, 0) is 67.5 Å². The van der Waals surface area contributed by atoms with E-state index in [2.05, 4.69) is 53.6 Å². The first-order chi connectivity index (χ1) is 12.0. The molecule has 1 fully saturated rings. The molecule has 0 bridgehead atoms. The molecule has 1 N–H and O–H groups in total. The van der Waals surface area contributed by atoms with E-state index in [1.807, 2.05) is 24.3 Å². The Kier molecular flexibility index (Phi) is 5.92. The van der Waals surface area contributed by atoms with Gasteiger partial charge in [0.25, 0.3) is 5.91 Å². The quantitative estimate of drug-likeness (QED) is 0.785. The van der Waals surface area contributed by atoms with Gasteiger partial charge in [0.1, 0.15) is 0 Å². The molecule has 3 atom stereocenters. The van der Waals surface area contributed by atoms with Gasteiger partial charge in [-0.2, -0.15) is 0 Å². The molecule has 0 aromatic heterocycles. The van der Waals surface area contributed by atoms with Crippen LogP contribution in [-0.2, 0) is 11.2 Å². The minimum Gasteiger partial charge on any atom is -0.378 e. The Morgan fingerprint density at radius 3 is 2.68 bits per heavy atom. The number of carbonyl (C=O) groups excluding carboxylic acids is 1. The maximum absolute atomic E-state index is 12.3. The number of halogens is 1. The standard InChI is InChI=1S/C21H22BrNO2/c1-14-10-17(13-25-15(14)2)11-16-6-8-20(9-7-16)23-21(24)18-4-3-5-19(22)12-18/h3-9,12,14-15,17H,11,13H2,1-2H3,(H,23,24). The average Bonchev–Trinajstić information content (AvgIpc) is 2.60. The van der Waals surface area contributed by atoms with E-state index in [-0.39, 0.29) is 12.0 Å². The van der Waals surface area contributed by atoms with Crippen LogP contribution in [0.4, 0.5) is 5.69 Å². The fourth-order valence-electron chi connectivity index (χ4n) is 2.93. The molecule has 1 heterocycles. The molecule has 2 aromatic carbocycles. The van der Waals surface area contributed by atoms with E-state index in [1.165, 1.54) is 5.56 Å². The minimum atomic E-state index is -0.112. The zero-order valence-corrected chi connectivity index (χ0v) is 16.0. The topological polar surface area (TPSA) is 38.3 Å². The molecule has 3 unspecified atom stereocenters. The van der Waals surface area contributed by atoms with Crippen LogP contribution >= 0.6 is 15.9 Å². The van der Waals surface area contributed by atoms with E-state index >= 15 is 0 Å². The van der Waals surface area contributed by atoms with Crippen LogP contribution in [0.3, 0.4) is 0 Å². The van der Waals surface area contributed by atoms with Crippen molar-refractivity contribution < 1.29 is 9.53 Å². The monoisotopic (exact) mass is 399 g/mol. The fourth-order valence-corrected chi connectivity index (χ4v) is 3.33. The number of carbonyl (C=O) groups is 1. The van der Waals surface area contributed by atoms with E-state index < -0.39 is 0 Å². The molecular weight excluding hydrogens is 378 g/mol. The summed E-state index contributed by atoms with van der Waals surface area (Å²) in [6.07, 6.45) is 4.76. The number of ether oxygens (including phenoxy) is 1. The Labute approximate surface area is 157 Å². The molecule has 3 nitrogen and oxygen atoms in total. The summed E-state index contributed by atoms with van der Waals surface area (Å²) in [4.78, 5) is 12.3. The molecule has 1 amide bonds. The summed E-state index contributed by atoms with van der Waals surface area (Å²) >= 11 is 3.38. The second kappa shape index (κ2) is 8.15. The highest BCUT2D eigenvalue weighted by atomic mass is 79.9. The summed E-state index contributed by atoms with van der Waals surface area (Å²) in [7, 11) is 0. The third-order valence-corrected chi connectivity index (χ3v) is 5.04. The zero-order valence-electron chi connectivity index (χ0n) is 14.5. The summed E-state index contributed by atoms with van der Waals surface area (Å²) < 4.78 is 6.68. The number of benzene rings is 2. The fraction of sp³-hybridized carbons (Fsp3) is 0.333. The van der Waals surface area contributed by atoms with Gasteiger partial charge in [0.2, 0.25) is 0 Å². The van der Waals surface area contributed by atoms with E-state index in [0.29, 0.717) is 17.4 Å². The van der Waals surface area contributed by atoms with Crippen LogP contribution in [0, 0.1) is 18.3 Å². The molecule has 0 saturated carbocycles. The summed E-state index contributed by atoms with van der Waals surface area (Å²) in [5, 5.41) is 2.93. The molecule has 2 aromatic rings. The summed E-state index contributed by atoms with van der Waals surface area (Å²) in [6.45, 7) is 4.97. The maximum atomic E-state index is 12.3. The van der Waals surface area contributed by atoms with Crippen molar-refractivity contribution in [2.75, 3.05) is 11.9 Å². The number of amides is 1. The third kappa shape index (κ3) is 4.93. The van der Waals surface area contributed by atoms with Crippen molar-refractivity contribution in [1.29, 1.82) is 0 Å². The Bertz CT molecular complexity index is 729. The van der Waals surface area contributed by atoms with Crippen LogP contribution in [0.15, 0.2) is 53.0 Å². The molecule has 130 valence electrons. The predicted molar refractivity (Wildman–Crippen MR) is 104 cm³/mol. The van der Waals surface area contributed by atoms with Gasteiger partial charge >= 0.3 is 0 Å². The van der Waals surface area contributed by atoms with E-state index in [9.17, 15) is 4.79 Å². The summed E-state index contributed by atoms with van der Waals surface area (Å²) in [5.41, 5.74) is 2.65. The largest absolute Gasteiger partial charge is 0.378 e. The van der Waals surface area contributed by atoms with Crippen LogP contribution in [0.1, 0.15) is 29.8 Å². The Morgan fingerprint density at radius 1 is 1.24 bits per heavy atom. The summed E-state index contributed by atoms with van der Waals surface area (Å²) in [6, 6.07) is 15.4. The van der Waals surface area contributed by atoms with Gasteiger partial charge in [-0.25, -0.2) is 0 Å². The normalized spacial score (nSPS) is 23.2. The Morgan fingerprint density at radius 2 is 2.00 bits per heavy atom. The van der Waals surface area contributed by atoms with Gasteiger partial charge in [0.05, 0.1) is 12.7 Å². The lowest BCUT2D eigenvalue weighted by atomic mass is 9.86. The minimum absolute atomic E-state index is 0.112. The second-order valence-corrected chi connectivity index (χ2v) is 7.47. The molecule has 0 aliphatic carbocycles. The first kappa shape index (κ1) is 18.2. The van der Waals surface area contributed by atoms with Crippen molar-refractivity contribution in [3.05, 3.63) is 70.6 Å². The number of nitrogens with one attached hydrogen (secondary N) is 1. The van der Waals surface area contributed by atoms with Crippen molar-refractivity contribution >= 4 is 27.5 Å².